The molecule has 0 aliphatic heterocycles. The van der Waals surface area contributed by atoms with E-state index in [1.807, 2.05) is 41.8 Å². The molecule has 0 aliphatic rings. The van der Waals surface area contributed by atoms with Crippen molar-refractivity contribution in [3.63, 3.8) is 0 Å². The van der Waals surface area contributed by atoms with E-state index in [9.17, 15) is 0 Å². The second kappa shape index (κ2) is 5.79. The highest BCUT2D eigenvalue weighted by Crippen LogP contribution is 2.31. The number of nitrogens with one attached hydrogen (secondary N) is 1. The van der Waals surface area contributed by atoms with Crippen LogP contribution in [0.15, 0.2) is 52.5 Å². The second-order valence-corrected chi connectivity index (χ2v) is 5.03. The number of ether oxygens (including phenoxy) is 1. The summed E-state index contributed by atoms with van der Waals surface area (Å²) >= 11 is 1.57. The van der Waals surface area contributed by atoms with Crippen molar-refractivity contribution in [3.8, 4) is 17.0 Å². The molecule has 0 atom stereocenters. The lowest BCUT2D eigenvalue weighted by molar-refractivity contribution is 0.416. The van der Waals surface area contributed by atoms with Gasteiger partial charge in [0, 0.05) is 10.9 Å². The number of anilines is 1. The molecule has 0 fully saturated rings. The van der Waals surface area contributed by atoms with Crippen molar-refractivity contribution >= 4 is 16.5 Å². The Morgan fingerprint density at radius 1 is 1.25 bits per heavy atom. The van der Waals surface area contributed by atoms with Crippen molar-refractivity contribution < 1.29 is 9.15 Å². The molecule has 102 valence electrons. The van der Waals surface area contributed by atoms with Gasteiger partial charge in [0.2, 0.25) is 0 Å². The topological polar surface area (TPSA) is 47.3 Å². The van der Waals surface area contributed by atoms with Crippen LogP contribution in [0.25, 0.3) is 11.3 Å². The number of hydrogen-bond acceptors (Lipinski definition) is 5. The molecule has 3 rings (SSSR count). The number of thiazole rings is 1. The summed E-state index contributed by atoms with van der Waals surface area (Å²) in [6.45, 7) is 0.631. The van der Waals surface area contributed by atoms with Crippen LogP contribution < -0.4 is 10.1 Å². The van der Waals surface area contributed by atoms with Crippen molar-refractivity contribution in [2.45, 2.75) is 6.54 Å². The average Bonchev–Trinajstić information content (AvgIpc) is 3.16. The van der Waals surface area contributed by atoms with Gasteiger partial charge in [0.05, 0.1) is 25.6 Å². The summed E-state index contributed by atoms with van der Waals surface area (Å²) in [5, 5.41) is 6.13. The minimum atomic E-state index is 0.631. The first kappa shape index (κ1) is 12.7. The van der Waals surface area contributed by atoms with Crippen molar-refractivity contribution in [3.05, 3.63) is 53.8 Å². The fraction of sp³-hybridized carbons (Fsp3) is 0.133. The summed E-state index contributed by atoms with van der Waals surface area (Å²) in [6, 6.07) is 11.7. The largest absolute Gasteiger partial charge is 0.496 e. The summed E-state index contributed by atoms with van der Waals surface area (Å²) in [6.07, 6.45) is 1.67. The van der Waals surface area contributed by atoms with E-state index in [4.69, 9.17) is 9.15 Å². The molecule has 2 aromatic heterocycles. The van der Waals surface area contributed by atoms with Crippen molar-refractivity contribution in [1.29, 1.82) is 0 Å². The van der Waals surface area contributed by atoms with Gasteiger partial charge in [-0.3, -0.25) is 0 Å². The van der Waals surface area contributed by atoms with Crippen molar-refractivity contribution in [2.24, 2.45) is 0 Å². The quantitative estimate of drug-likeness (QED) is 0.769. The first-order chi connectivity index (χ1) is 9.86. The average molecular weight is 286 g/mol. The lowest BCUT2D eigenvalue weighted by Crippen LogP contribution is -1.97. The van der Waals surface area contributed by atoms with Crippen LogP contribution in [0, 0.1) is 0 Å². The fourth-order valence-electron chi connectivity index (χ4n) is 1.91. The summed E-state index contributed by atoms with van der Waals surface area (Å²) in [7, 11) is 1.67. The van der Waals surface area contributed by atoms with Crippen LogP contribution in [0.3, 0.4) is 0 Å². The lowest BCUT2D eigenvalue weighted by Gasteiger charge is -2.05. The molecular weight excluding hydrogens is 272 g/mol. The molecule has 0 bridgehead atoms. The molecule has 0 saturated carbocycles. The molecular formula is C15H14N2O2S. The SMILES string of the molecule is COc1ccccc1-c1csc(NCc2ccco2)n1. The Kier molecular flexibility index (Phi) is 3.69. The Balaban J connectivity index is 1.76. The zero-order valence-corrected chi connectivity index (χ0v) is 11.8. The van der Waals surface area contributed by atoms with Gasteiger partial charge in [-0.05, 0) is 24.3 Å². The molecule has 0 unspecified atom stereocenters. The van der Waals surface area contributed by atoms with Crippen LogP contribution >= 0.6 is 11.3 Å². The van der Waals surface area contributed by atoms with E-state index >= 15 is 0 Å². The maximum atomic E-state index is 5.36. The van der Waals surface area contributed by atoms with Crippen LogP contribution in [0.4, 0.5) is 5.13 Å². The third-order valence-corrected chi connectivity index (χ3v) is 3.68. The van der Waals surface area contributed by atoms with Crippen LogP contribution in [0.1, 0.15) is 5.76 Å². The summed E-state index contributed by atoms with van der Waals surface area (Å²) in [4.78, 5) is 4.57. The number of rotatable bonds is 5. The van der Waals surface area contributed by atoms with Crippen LogP contribution in [0.5, 0.6) is 5.75 Å². The highest BCUT2D eigenvalue weighted by molar-refractivity contribution is 7.14. The normalized spacial score (nSPS) is 10.4. The summed E-state index contributed by atoms with van der Waals surface area (Å²) in [5.41, 5.74) is 1.91. The molecule has 5 heteroatoms. The number of methoxy groups -OCH3 is 1. The standard InChI is InChI=1S/C15H14N2O2S/c1-18-14-7-3-2-6-12(14)13-10-20-15(17-13)16-9-11-5-4-8-19-11/h2-8,10H,9H2,1H3,(H,16,17). The van der Waals surface area contributed by atoms with E-state index in [0.29, 0.717) is 6.54 Å². The predicted molar refractivity (Wildman–Crippen MR) is 80.1 cm³/mol. The van der Waals surface area contributed by atoms with Gasteiger partial charge >= 0.3 is 0 Å². The highest BCUT2D eigenvalue weighted by Gasteiger charge is 2.09. The Labute approximate surface area is 121 Å². The van der Waals surface area contributed by atoms with Crippen molar-refractivity contribution in [1.82, 2.24) is 4.98 Å². The van der Waals surface area contributed by atoms with Gasteiger partial charge in [-0.25, -0.2) is 4.98 Å². The van der Waals surface area contributed by atoms with E-state index in [2.05, 4.69) is 10.3 Å². The lowest BCUT2D eigenvalue weighted by atomic mass is 10.1. The molecule has 20 heavy (non-hydrogen) atoms. The molecule has 4 nitrogen and oxygen atoms in total. The molecule has 3 aromatic rings. The number of benzene rings is 1. The molecule has 0 saturated heterocycles. The molecule has 0 amide bonds. The maximum absolute atomic E-state index is 5.36. The van der Waals surface area contributed by atoms with E-state index in [1.54, 1.807) is 24.7 Å². The Bertz CT molecular complexity index is 677. The smallest absolute Gasteiger partial charge is 0.183 e. The highest BCUT2D eigenvalue weighted by atomic mass is 32.1. The van der Waals surface area contributed by atoms with Crippen LogP contribution in [-0.2, 0) is 6.54 Å². The minimum Gasteiger partial charge on any atom is -0.496 e. The fourth-order valence-corrected chi connectivity index (χ4v) is 2.62. The van der Waals surface area contributed by atoms with Gasteiger partial charge in [-0.15, -0.1) is 11.3 Å². The molecule has 1 aromatic carbocycles. The number of furan rings is 1. The molecule has 2 heterocycles. The van der Waals surface area contributed by atoms with Crippen LogP contribution in [-0.4, -0.2) is 12.1 Å². The van der Waals surface area contributed by atoms with Gasteiger partial charge < -0.3 is 14.5 Å². The van der Waals surface area contributed by atoms with Gasteiger partial charge in [0.25, 0.3) is 0 Å². The summed E-state index contributed by atoms with van der Waals surface area (Å²) < 4.78 is 10.6. The molecule has 1 N–H and O–H groups in total. The van der Waals surface area contributed by atoms with E-state index in [-0.39, 0.29) is 0 Å². The Morgan fingerprint density at radius 2 is 2.15 bits per heavy atom. The van der Waals surface area contributed by atoms with Gasteiger partial charge in [-0.2, -0.15) is 0 Å². The predicted octanol–water partition coefficient (Wildman–Crippen LogP) is 4.02. The Hall–Kier alpha value is -2.27. The first-order valence-electron chi connectivity index (χ1n) is 6.22. The number of nitrogens with zero attached hydrogens (tertiary/aromatic N) is 1. The first-order valence-corrected chi connectivity index (χ1v) is 7.10. The second-order valence-electron chi connectivity index (χ2n) is 4.17. The van der Waals surface area contributed by atoms with Gasteiger partial charge in [0.15, 0.2) is 5.13 Å². The third-order valence-electron chi connectivity index (χ3n) is 2.88. The minimum absolute atomic E-state index is 0.631. The molecule has 0 aliphatic carbocycles. The van der Waals surface area contributed by atoms with Gasteiger partial charge in [0.1, 0.15) is 11.5 Å². The Morgan fingerprint density at radius 3 is 2.95 bits per heavy atom. The third kappa shape index (κ3) is 2.67. The number of hydrogen-bond donors (Lipinski definition) is 1. The zero-order valence-electron chi connectivity index (χ0n) is 11.0. The summed E-state index contributed by atoms with van der Waals surface area (Å²) in [5.74, 6) is 1.72. The molecule has 0 radical (unpaired) electrons. The maximum Gasteiger partial charge on any atom is 0.183 e. The zero-order chi connectivity index (χ0) is 13.8. The van der Waals surface area contributed by atoms with Crippen molar-refractivity contribution in [2.75, 3.05) is 12.4 Å². The van der Waals surface area contributed by atoms with Crippen LogP contribution in [0.2, 0.25) is 0 Å². The van der Waals surface area contributed by atoms with E-state index < -0.39 is 0 Å². The monoisotopic (exact) mass is 286 g/mol. The number of para-hydroxylation sites is 1. The molecule has 0 spiro atoms. The van der Waals surface area contributed by atoms with E-state index in [1.165, 1.54) is 0 Å². The van der Waals surface area contributed by atoms with E-state index in [0.717, 1.165) is 27.9 Å². The number of aromatic nitrogens is 1. The van der Waals surface area contributed by atoms with Gasteiger partial charge in [-0.1, -0.05) is 12.1 Å².